The van der Waals surface area contributed by atoms with Gasteiger partial charge in [0.2, 0.25) is 0 Å². The van der Waals surface area contributed by atoms with Gasteiger partial charge in [-0.1, -0.05) is 6.07 Å². The Balaban J connectivity index is 1.82. The van der Waals surface area contributed by atoms with Crippen LogP contribution in [0.25, 0.3) is 5.69 Å². The van der Waals surface area contributed by atoms with Crippen molar-refractivity contribution in [1.29, 1.82) is 0 Å². The smallest absolute Gasteiger partial charge is 0.376 e. The molecule has 1 N–H and O–H groups in total. The van der Waals surface area contributed by atoms with Crippen molar-refractivity contribution in [2.75, 3.05) is 19.8 Å². The Bertz CT molecular complexity index is 827. The van der Waals surface area contributed by atoms with Crippen LogP contribution in [0.2, 0.25) is 0 Å². The molecule has 9 heteroatoms. The molecular weight excluding hydrogens is 363 g/mol. The van der Waals surface area contributed by atoms with E-state index in [2.05, 4.69) is 10.4 Å². The molecule has 1 aliphatic rings. The molecule has 1 amide bonds. The van der Waals surface area contributed by atoms with Crippen molar-refractivity contribution in [1.82, 2.24) is 15.1 Å². The predicted molar refractivity (Wildman–Crippen MR) is 90.4 cm³/mol. The predicted octanol–water partition coefficient (Wildman–Crippen LogP) is 2.54. The van der Waals surface area contributed by atoms with Crippen molar-refractivity contribution in [3.63, 3.8) is 0 Å². The van der Waals surface area contributed by atoms with Crippen LogP contribution < -0.4 is 5.32 Å². The summed E-state index contributed by atoms with van der Waals surface area (Å²) in [5.41, 5.74) is 0.918. The fourth-order valence-electron chi connectivity index (χ4n) is 2.94. The summed E-state index contributed by atoms with van der Waals surface area (Å²) in [6, 6.07) is 5.73. The van der Waals surface area contributed by atoms with Crippen molar-refractivity contribution in [3.8, 4) is 5.69 Å². The molecule has 0 saturated carbocycles. The number of aromatic nitrogens is 2. The Morgan fingerprint density at radius 2 is 2.07 bits per heavy atom. The molecule has 27 heavy (non-hydrogen) atoms. The van der Waals surface area contributed by atoms with Crippen LogP contribution in [0.5, 0.6) is 0 Å². The molecule has 6 nitrogen and oxygen atoms in total. The van der Waals surface area contributed by atoms with Gasteiger partial charge in [-0.05, 0) is 37.6 Å². The van der Waals surface area contributed by atoms with Crippen LogP contribution in [-0.4, -0.2) is 41.6 Å². The van der Waals surface area contributed by atoms with Gasteiger partial charge in [-0.2, -0.15) is 18.3 Å². The third-order valence-electron chi connectivity index (χ3n) is 4.21. The number of carbonyl (C=O) groups is 1. The van der Waals surface area contributed by atoms with E-state index in [0.717, 1.165) is 11.8 Å². The molecule has 1 aromatic heterocycles. The average molecular weight is 383 g/mol. The van der Waals surface area contributed by atoms with Crippen LogP contribution >= 0.6 is 0 Å². The molecule has 1 fully saturated rings. The zero-order chi connectivity index (χ0) is 19.6. The second-order valence-electron chi connectivity index (χ2n) is 6.33. The lowest BCUT2D eigenvalue weighted by Crippen LogP contribution is -2.42. The Morgan fingerprint density at radius 1 is 1.30 bits per heavy atom. The van der Waals surface area contributed by atoms with Gasteiger partial charge in [-0.25, -0.2) is 4.68 Å². The quantitative estimate of drug-likeness (QED) is 0.881. The molecule has 1 saturated heterocycles. The Kier molecular flexibility index (Phi) is 5.52. The molecule has 1 atom stereocenters. The van der Waals surface area contributed by atoms with Crippen molar-refractivity contribution in [2.24, 2.45) is 0 Å². The first kappa shape index (κ1) is 19.4. The van der Waals surface area contributed by atoms with E-state index in [-0.39, 0.29) is 25.3 Å². The number of hydrogen-bond donors (Lipinski definition) is 1. The lowest BCUT2D eigenvalue weighted by molar-refractivity contribution is -0.148. The third-order valence-corrected chi connectivity index (χ3v) is 4.21. The van der Waals surface area contributed by atoms with Gasteiger partial charge >= 0.3 is 6.18 Å². The number of nitrogens with zero attached hydrogens (tertiary/aromatic N) is 2. The Morgan fingerprint density at radius 3 is 2.67 bits per heavy atom. The molecular formula is C18H20F3N3O3. The number of benzene rings is 1. The largest absolute Gasteiger partial charge is 0.416 e. The first-order valence-corrected chi connectivity index (χ1v) is 8.46. The Labute approximate surface area is 154 Å². The van der Waals surface area contributed by atoms with Gasteiger partial charge in [-0.15, -0.1) is 0 Å². The van der Waals surface area contributed by atoms with E-state index in [4.69, 9.17) is 9.47 Å². The number of halogens is 3. The van der Waals surface area contributed by atoms with E-state index in [9.17, 15) is 18.0 Å². The summed E-state index contributed by atoms with van der Waals surface area (Å²) < 4.78 is 52.5. The van der Waals surface area contributed by atoms with Crippen LogP contribution in [0, 0.1) is 13.8 Å². The van der Waals surface area contributed by atoms with Gasteiger partial charge in [0.25, 0.3) is 5.91 Å². The molecule has 0 bridgehead atoms. The maximum atomic E-state index is 13.5. The maximum Gasteiger partial charge on any atom is 0.416 e. The summed E-state index contributed by atoms with van der Waals surface area (Å²) in [4.78, 5) is 12.1. The number of rotatable bonds is 4. The summed E-state index contributed by atoms with van der Waals surface area (Å²) in [5, 5.41) is 6.71. The highest BCUT2D eigenvalue weighted by Crippen LogP contribution is 2.33. The summed E-state index contributed by atoms with van der Waals surface area (Å²) in [7, 11) is 0. The monoisotopic (exact) mass is 383 g/mol. The summed E-state index contributed by atoms with van der Waals surface area (Å²) >= 11 is 0. The number of carbonyl (C=O) groups excluding carboxylic acids is 1. The minimum Gasteiger partial charge on any atom is -0.376 e. The fourth-order valence-corrected chi connectivity index (χ4v) is 2.94. The summed E-state index contributed by atoms with van der Waals surface area (Å²) in [5.74, 6) is -0.495. The second kappa shape index (κ2) is 7.69. The van der Waals surface area contributed by atoms with E-state index >= 15 is 0 Å². The lowest BCUT2D eigenvalue weighted by atomic mass is 10.1. The van der Waals surface area contributed by atoms with E-state index in [1.54, 1.807) is 26.0 Å². The maximum absolute atomic E-state index is 13.5. The van der Waals surface area contributed by atoms with E-state index in [0.29, 0.717) is 18.0 Å². The SMILES string of the molecule is Cc1cc(C)n(-c2ccc(CNC(=O)C3COCCO3)c(C(F)(F)F)c2)n1. The van der Waals surface area contributed by atoms with E-state index in [1.165, 1.54) is 10.7 Å². The van der Waals surface area contributed by atoms with Crippen LogP contribution in [0.1, 0.15) is 22.5 Å². The number of nitrogens with one attached hydrogen (secondary N) is 1. The van der Waals surface area contributed by atoms with Crippen LogP contribution in [0.4, 0.5) is 13.2 Å². The second-order valence-corrected chi connectivity index (χ2v) is 6.33. The van der Waals surface area contributed by atoms with Gasteiger partial charge in [0.1, 0.15) is 0 Å². The molecule has 2 aromatic rings. The molecule has 0 radical (unpaired) electrons. The highest BCUT2D eigenvalue weighted by molar-refractivity contribution is 5.81. The van der Waals surface area contributed by atoms with Gasteiger partial charge < -0.3 is 14.8 Å². The highest BCUT2D eigenvalue weighted by atomic mass is 19.4. The summed E-state index contributed by atoms with van der Waals surface area (Å²) in [6.07, 6.45) is -5.36. The normalized spacial score (nSPS) is 17.7. The van der Waals surface area contributed by atoms with E-state index in [1.807, 2.05) is 0 Å². The van der Waals surface area contributed by atoms with Crippen molar-refractivity contribution in [3.05, 3.63) is 46.8 Å². The van der Waals surface area contributed by atoms with Gasteiger partial charge in [0.15, 0.2) is 6.10 Å². The highest BCUT2D eigenvalue weighted by Gasteiger charge is 2.34. The van der Waals surface area contributed by atoms with Gasteiger partial charge in [-0.3, -0.25) is 4.79 Å². The zero-order valence-corrected chi connectivity index (χ0v) is 15.0. The topological polar surface area (TPSA) is 65.4 Å². The molecule has 1 unspecified atom stereocenters. The zero-order valence-electron chi connectivity index (χ0n) is 15.0. The van der Waals surface area contributed by atoms with Crippen molar-refractivity contribution in [2.45, 2.75) is 32.7 Å². The molecule has 3 rings (SSSR count). The molecule has 0 spiro atoms. The lowest BCUT2D eigenvalue weighted by Gasteiger charge is -2.22. The number of amides is 1. The first-order valence-electron chi connectivity index (χ1n) is 8.46. The minimum absolute atomic E-state index is 0.0298. The average Bonchev–Trinajstić information content (AvgIpc) is 2.97. The van der Waals surface area contributed by atoms with Crippen LogP contribution in [-0.2, 0) is 27.0 Å². The Hall–Kier alpha value is -2.39. The van der Waals surface area contributed by atoms with Crippen molar-refractivity contribution < 1.29 is 27.4 Å². The van der Waals surface area contributed by atoms with Crippen LogP contribution in [0.3, 0.4) is 0 Å². The molecule has 0 aliphatic carbocycles. The number of ether oxygens (including phenoxy) is 2. The first-order chi connectivity index (χ1) is 12.8. The fraction of sp³-hybridized carbons (Fsp3) is 0.444. The minimum atomic E-state index is -4.56. The molecule has 2 heterocycles. The van der Waals surface area contributed by atoms with Crippen molar-refractivity contribution >= 4 is 5.91 Å². The van der Waals surface area contributed by atoms with E-state index < -0.39 is 23.8 Å². The standard InChI is InChI=1S/C18H20F3N3O3/c1-11-7-12(2)24(23-11)14-4-3-13(15(8-14)18(19,20)21)9-22-17(25)16-10-26-5-6-27-16/h3-4,7-8,16H,5-6,9-10H2,1-2H3,(H,22,25). The molecule has 146 valence electrons. The summed E-state index contributed by atoms with van der Waals surface area (Å²) in [6.45, 7) is 4.06. The molecule has 1 aliphatic heterocycles. The molecule has 1 aromatic carbocycles. The van der Waals surface area contributed by atoms with Gasteiger partial charge in [0, 0.05) is 12.2 Å². The number of hydrogen-bond acceptors (Lipinski definition) is 4. The van der Waals surface area contributed by atoms with Gasteiger partial charge in [0.05, 0.1) is 36.8 Å². The number of aryl methyl sites for hydroxylation is 2. The number of alkyl halides is 3. The van der Waals surface area contributed by atoms with Crippen LogP contribution in [0.15, 0.2) is 24.3 Å². The third kappa shape index (κ3) is 4.48.